The third-order valence-electron chi connectivity index (χ3n) is 2.72. The maximum atomic E-state index is 12.9. The van der Waals surface area contributed by atoms with Gasteiger partial charge in [-0.3, -0.25) is 14.9 Å². The second kappa shape index (κ2) is 7.95. The molecule has 0 saturated heterocycles. The third kappa shape index (κ3) is 6.10. The topological polar surface area (TPSA) is 78.4 Å². The molecule has 0 heterocycles. The lowest BCUT2D eigenvalue weighted by Crippen LogP contribution is -2.42. The predicted octanol–water partition coefficient (Wildman–Crippen LogP) is 2.51. The smallest absolute Gasteiger partial charge is 0.320 e. The van der Waals surface area contributed by atoms with Crippen LogP contribution in [0.4, 0.5) is 10.1 Å². The normalized spacial score (nSPS) is 12.2. The number of amides is 1. The molecule has 0 aliphatic carbocycles. The molecule has 0 bridgehead atoms. The van der Waals surface area contributed by atoms with Crippen molar-refractivity contribution < 1.29 is 19.1 Å². The highest BCUT2D eigenvalue weighted by molar-refractivity contribution is 6.33. The fourth-order valence-electron chi connectivity index (χ4n) is 1.74. The Bertz CT molecular complexity index is 523. The molecule has 1 unspecified atom stereocenters. The minimum atomic E-state index is -1.00. The van der Waals surface area contributed by atoms with E-state index >= 15 is 0 Å². The predicted molar refractivity (Wildman–Crippen MR) is 78.9 cm³/mol. The van der Waals surface area contributed by atoms with Crippen LogP contribution in [-0.4, -0.2) is 29.6 Å². The Balaban J connectivity index is 2.54. The van der Waals surface area contributed by atoms with Crippen molar-refractivity contribution in [2.75, 3.05) is 11.9 Å². The molecule has 3 N–H and O–H groups in total. The highest BCUT2D eigenvalue weighted by Crippen LogP contribution is 2.22. The third-order valence-corrected chi connectivity index (χ3v) is 3.03. The number of anilines is 1. The maximum Gasteiger partial charge on any atom is 0.320 e. The highest BCUT2D eigenvalue weighted by atomic mass is 35.5. The minimum Gasteiger partial charge on any atom is -0.480 e. The standard InChI is InChI=1S/C14H18ClFN2O3/c1-8(2)5-12(14(20)21)17-7-13(19)18-11-4-3-9(16)6-10(11)15/h3-4,6,8,12,17H,5,7H2,1-2H3,(H,18,19)(H,20,21). The van der Waals surface area contributed by atoms with Gasteiger partial charge in [-0.2, -0.15) is 0 Å². The van der Waals surface area contributed by atoms with Gasteiger partial charge >= 0.3 is 5.97 Å². The fraction of sp³-hybridized carbons (Fsp3) is 0.429. The Morgan fingerprint density at radius 1 is 1.38 bits per heavy atom. The molecule has 1 aromatic rings. The molecule has 1 aromatic carbocycles. The van der Waals surface area contributed by atoms with Gasteiger partial charge in [-0.25, -0.2) is 4.39 Å². The molecule has 1 amide bonds. The van der Waals surface area contributed by atoms with Gasteiger partial charge in [0.25, 0.3) is 0 Å². The number of hydrogen-bond acceptors (Lipinski definition) is 3. The number of carbonyl (C=O) groups is 2. The van der Waals surface area contributed by atoms with Crippen LogP contribution in [0.3, 0.4) is 0 Å². The molecule has 116 valence electrons. The van der Waals surface area contributed by atoms with E-state index in [4.69, 9.17) is 16.7 Å². The van der Waals surface area contributed by atoms with Crippen LogP contribution in [0.1, 0.15) is 20.3 Å². The number of aliphatic carboxylic acids is 1. The molecule has 7 heteroatoms. The molecule has 0 aromatic heterocycles. The maximum absolute atomic E-state index is 12.9. The zero-order valence-corrected chi connectivity index (χ0v) is 12.6. The number of nitrogens with one attached hydrogen (secondary N) is 2. The van der Waals surface area contributed by atoms with E-state index in [-0.39, 0.29) is 23.2 Å². The lowest BCUT2D eigenvalue weighted by Gasteiger charge is -2.16. The largest absolute Gasteiger partial charge is 0.480 e. The van der Waals surface area contributed by atoms with E-state index in [2.05, 4.69) is 10.6 Å². The molecule has 1 rings (SSSR count). The first-order chi connectivity index (χ1) is 9.79. The summed E-state index contributed by atoms with van der Waals surface area (Å²) in [6.07, 6.45) is 0.417. The lowest BCUT2D eigenvalue weighted by atomic mass is 10.0. The first-order valence-corrected chi connectivity index (χ1v) is 6.88. The molecule has 1 atom stereocenters. The Morgan fingerprint density at radius 2 is 2.05 bits per heavy atom. The second-order valence-corrected chi connectivity index (χ2v) is 5.48. The van der Waals surface area contributed by atoms with Crippen LogP contribution in [0.2, 0.25) is 5.02 Å². The number of carbonyl (C=O) groups excluding carboxylic acids is 1. The molecule has 0 radical (unpaired) electrons. The first kappa shape index (κ1) is 17.4. The molecular weight excluding hydrogens is 299 g/mol. The van der Waals surface area contributed by atoms with Gasteiger partial charge in [0.05, 0.1) is 17.3 Å². The van der Waals surface area contributed by atoms with Crippen molar-refractivity contribution in [3.05, 3.63) is 29.0 Å². The number of halogens is 2. The summed E-state index contributed by atoms with van der Waals surface area (Å²) in [7, 11) is 0. The number of hydrogen-bond donors (Lipinski definition) is 3. The van der Waals surface area contributed by atoms with Crippen molar-refractivity contribution >= 4 is 29.2 Å². The van der Waals surface area contributed by atoms with Crippen LogP contribution >= 0.6 is 11.6 Å². The summed E-state index contributed by atoms with van der Waals surface area (Å²) in [5.74, 6) is -1.76. The van der Waals surface area contributed by atoms with Crippen molar-refractivity contribution in [2.45, 2.75) is 26.3 Å². The van der Waals surface area contributed by atoms with E-state index in [1.807, 2.05) is 13.8 Å². The number of benzene rings is 1. The zero-order chi connectivity index (χ0) is 16.0. The van der Waals surface area contributed by atoms with Gasteiger partial charge in [-0.05, 0) is 30.5 Å². The zero-order valence-electron chi connectivity index (χ0n) is 11.8. The average molecular weight is 317 g/mol. The monoisotopic (exact) mass is 316 g/mol. The first-order valence-electron chi connectivity index (χ1n) is 6.50. The summed E-state index contributed by atoms with van der Waals surface area (Å²) in [4.78, 5) is 22.8. The Kier molecular flexibility index (Phi) is 6.58. The van der Waals surface area contributed by atoms with E-state index in [9.17, 15) is 14.0 Å². The van der Waals surface area contributed by atoms with E-state index in [0.717, 1.165) is 6.07 Å². The summed E-state index contributed by atoms with van der Waals surface area (Å²) in [6, 6.07) is 2.81. The van der Waals surface area contributed by atoms with Crippen molar-refractivity contribution in [1.82, 2.24) is 5.32 Å². The van der Waals surface area contributed by atoms with Crippen molar-refractivity contribution in [3.8, 4) is 0 Å². The highest BCUT2D eigenvalue weighted by Gasteiger charge is 2.19. The van der Waals surface area contributed by atoms with Crippen LogP contribution in [0.5, 0.6) is 0 Å². The Labute approximate surface area is 127 Å². The Hall–Kier alpha value is -1.66. The summed E-state index contributed by atoms with van der Waals surface area (Å²) in [6.45, 7) is 3.63. The van der Waals surface area contributed by atoms with E-state index < -0.39 is 23.7 Å². The van der Waals surface area contributed by atoms with Gasteiger partial charge in [-0.1, -0.05) is 25.4 Å². The van der Waals surface area contributed by atoms with E-state index in [1.165, 1.54) is 12.1 Å². The SMILES string of the molecule is CC(C)CC(NCC(=O)Nc1ccc(F)cc1Cl)C(=O)O. The lowest BCUT2D eigenvalue weighted by molar-refractivity contribution is -0.139. The van der Waals surface area contributed by atoms with Crippen molar-refractivity contribution in [2.24, 2.45) is 5.92 Å². The van der Waals surface area contributed by atoms with Crippen LogP contribution in [-0.2, 0) is 9.59 Å². The number of carboxylic acids is 1. The van der Waals surface area contributed by atoms with Gasteiger partial charge in [0, 0.05) is 0 Å². The summed E-state index contributed by atoms with van der Waals surface area (Å²) in [5, 5.41) is 14.3. The van der Waals surface area contributed by atoms with Crippen LogP contribution in [0.15, 0.2) is 18.2 Å². The molecule has 0 aliphatic rings. The van der Waals surface area contributed by atoms with Crippen LogP contribution < -0.4 is 10.6 Å². The van der Waals surface area contributed by atoms with Crippen molar-refractivity contribution in [1.29, 1.82) is 0 Å². The summed E-state index contributed by atoms with van der Waals surface area (Å²) in [5.41, 5.74) is 0.278. The fourth-order valence-corrected chi connectivity index (χ4v) is 1.96. The molecule has 0 fully saturated rings. The number of carboxylic acid groups (broad SMARTS) is 1. The van der Waals surface area contributed by atoms with Gasteiger partial charge in [0.2, 0.25) is 5.91 Å². The van der Waals surface area contributed by atoms with Gasteiger partial charge in [-0.15, -0.1) is 0 Å². The quantitative estimate of drug-likeness (QED) is 0.722. The Morgan fingerprint density at radius 3 is 2.57 bits per heavy atom. The minimum absolute atomic E-state index is 0.0836. The van der Waals surface area contributed by atoms with Gasteiger partial charge in [0.15, 0.2) is 0 Å². The molecular formula is C14H18ClFN2O3. The molecule has 21 heavy (non-hydrogen) atoms. The molecule has 5 nitrogen and oxygen atoms in total. The number of rotatable bonds is 7. The van der Waals surface area contributed by atoms with Gasteiger partial charge in [0.1, 0.15) is 11.9 Å². The molecule has 0 saturated carbocycles. The van der Waals surface area contributed by atoms with Gasteiger partial charge < -0.3 is 10.4 Å². The van der Waals surface area contributed by atoms with E-state index in [1.54, 1.807) is 0 Å². The van der Waals surface area contributed by atoms with Crippen molar-refractivity contribution in [3.63, 3.8) is 0 Å². The average Bonchev–Trinajstić information content (AvgIpc) is 2.37. The summed E-state index contributed by atoms with van der Waals surface area (Å²) < 4.78 is 12.9. The molecule has 0 spiro atoms. The van der Waals surface area contributed by atoms with E-state index in [0.29, 0.717) is 6.42 Å². The molecule has 0 aliphatic heterocycles. The summed E-state index contributed by atoms with van der Waals surface area (Å²) >= 11 is 5.79. The van der Waals surface area contributed by atoms with Crippen LogP contribution in [0.25, 0.3) is 0 Å². The van der Waals surface area contributed by atoms with Crippen LogP contribution in [0, 0.1) is 11.7 Å². The second-order valence-electron chi connectivity index (χ2n) is 5.07.